The molecule has 122 valence electrons. The molecule has 0 fully saturated rings. The van der Waals surface area contributed by atoms with Crippen LogP contribution in [0.5, 0.6) is 5.75 Å². The fourth-order valence-corrected chi connectivity index (χ4v) is 3.45. The van der Waals surface area contributed by atoms with Gasteiger partial charge < -0.3 is 4.74 Å². The molecule has 1 aliphatic carbocycles. The Morgan fingerprint density at radius 2 is 1.28 bits per heavy atom. The third-order valence-corrected chi connectivity index (χ3v) is 4.67. The summed E-state index contributed by atoms with van der Waals surface area (Å²) in [5.74, 6) is 0.926. The first kappa shape index (κ1) is 15.5. The molecule has 25 heavy (non-hydrogen) atoms. The molecule has 0 N–H and O–H groups in total. The lowest BCUT2D eigenvalue weighted by molar-refractivity contribution is 0.413. The summed E-state index contributed by atoms with van der Waals surface area (Å²) in [5.41, 5.74) is 7.67. The molecule has 0 aliphatic heterocycles. The van der Waals surface area contributed by atoms with Crippen molar-refractivity contribution >= 4 is 16.7 Å². The molecule has 0 saturated carbocycles. The van der Waals surface area contributed by atoms with E-state index >= 15 is 0 Å². The maximum atomic E-state index is 5.58. The van der Waals surface area contributed by atoms with Crippen LogP contribution in [0.4, 0.5) is 0 Å². The van der Waals surface area contributed by atoms with Gasteiger partial charge in [-0.15, -0.1) is 0 Å². The first-order valence-electron chi connectivity index (χ1n) is 8.55. The van der Waals surface area contributed by atoms with Gasteiger partial charge in [0.25, 0.3) is 0 Å². The number of methoxy groups -OCH3 is 1. The van der Waals surface area contributed by atoms with E-state index in [-0.39, 0.29) is 0 Å². The highest BCUT2D eigenvalue weighted by molar-refractivity contribution is 6.07. The summed E-state index contributed by atoms with van der Waals surface area (Å²) in [4.78, 5) is 0. The van der Waals surface area contributed by atoms with Crippen molar-refractivity contribution in [1.82, 2.24) is 0 Å². The van der Waals surface area contributed by atoms with Crippen molar-refractivity contribution in [3.63, 3.8) is 0 Å². The van der Waals surface area contributed by atoms with Crippen molar-refractivity contribution in [2.45, 2.75) is 6.42 Å². The average molecular weight is 324 g/mol. The Bertz CT molecular complexity index is 934. The fourth-order valence-electron chi connectivity index (χ4n) is 3.45. The Kier molecular flexibility index (Phi) is 4.22. The SMILES string of the molecule is COc1ccccc1C1=CC(c2ccccc2)=C(c2ccccc2)C1. The van der Waals surface area contributed by atoms with Gasteiger partial charge in [-0.25, -0.2) is 0 Å². The molecule has 0 aromatic heterocycles. The summed E-state index contributed by atoms with van der Waals surface area (Å²) in [7, 11) is 1.73. The Balaban J connectivity index is 1.83. The van der Waals surface area contributed by atoms with E-state index in [1.165, 1.54) is 33.4 Å². The Morgan fingerprint density at radius 1 is 0.680 bits per heavy atom. The lowest BCUT2D eigenvalue weighted by Crippen LogP contribution is -1.91. The molecule has 0 bridgehead atoms. The number of hydrogen-bond donors (Lipinski definition) is 0. The summed E-state index contributed by atoms with van der Waals surface area (Å²) < 4.78 is 5.58. The largest absolute Gasteiger partial charge is 0.496 e. The maximum absolute atomic E-state index is 5.58. The van der Waals surface area contributed by atoms with Gasteiger partial charge in [-0.2, -0.15) is 0 Å². The van der Waals surface area contributed by atoms with Gasteiger partial charge in [0.2, 0.25) is 0 Å². The third-order valence-electron chi connectivity index (χ3n) is 4.67. The highest BCUT2D eigenvalue weighted by Crippen LogP contribution is 2.44. The zero-order chi connectivity index (χ0) is 17.1. The van der Waals surface area contributed by atoms with Gasteiger partial charge in [0.1, 0.15) is 5.75 Å². The minimum absolute atomic E-state index is 0.911. The number of para-hydroxylation sites is 1. The Labute approximate surface area is 148 Å². The first-order valence-corrected chi connectivity index (χ1v) is 8.55. The number of rotatable bonds is 4. The predicted molar refractivity (Wildman–Crippen MR) is 105 cm³/mol. The van der Waals surface area contributed by atoms with Crippen LogP contribution in [-0.4, -0.2) is 7.11 Å². The Hall–Kier alpha value is -3.06. The van der Waals surface area contributed by atoms with Crippen molar-refractivity contribution in [3.8, 4) is 5.75 Å². The van der Waals surface area contributed by atoms with Crippen LogP contribution in [0.2, 0.25) is 0 Å². The molecule has 0 saturated heterocycles. The topological polar surface area (TPSA) is 9.23 Å². The third kappa shape index (κ3) is 3.01. The van der Waals surface area contributed by atoms with E-state index in [1.54, 1.807) is 7.11 Å². The Morgan fingerprint density at radius 3 is 1.96 bits per heavy atom. The lowest BCUT2D eigenvalue weighted by Gasteiger charge is -2.10. The second-order valence-electron chi connectivity index (χ2n) is 6.17. The molecule has 0 amide bonds. The number of ether oxygens (including phenoxy) is 1. The quantitative estimate of drug-likeness (QED) is 0.564. The number of benzene rings is 3. The molecular formula is C24H20O. The van der Waals surface area contributed by atoms with Crippen LogP contribution in [0.3, 0.4) is 0 Å². The summed E-state index contributed by atoms with van der Waals surface area (Å²) in [5, 5.41) is 0. The standard InChI is InChI=1S/C24H20O/c1-25-24-15-9-8-14-21(24)20-16-22(18-10-4-2-5-11-18)23(17-20)19-12-6-3-7-13-19/h2-16H,17H2,1H3. The summed E-state index contributed by atoms with van der Waals surface area (Å²) in [6, 6.07) is 29.5. The van der Waals surface area contributed by atoms with E-state index in [2.05, 4.69) is 78.9 Å². The summed E-state index contributed by atoms with van der Waals surface area (Å²) >= 11 is 0. The van der Waals surface area contributed by atoms with E-state index in [4.69, 9.17) is 4.74 Å². The van der Waals surface area contributed by atoms with Crippen LogP contribution in [-0.2, 0) is 0 Å². The monoisotopic (exact) mass is 324 g/mol. The summed E-state index contributed by atoms with van der Waals surface area (Å²) in [6.45, 7) is 0. The van der Waals surface area contributed by atoms with E-state index in [9.17, 15) is 0 Å². The van der Waals surface area contributed by atoms with E-state index in [0.29, 0.717) is 0 Å². The second-order valence-corrected chi connectivity index (χ2v) is 6.17. The van der Waals surface area contributed by atoms with Crippen molar-refractivity contribution in [2.24, 2.45) is 0 Å². The van der Waals surface area contributed by atoms with Gasteiger partial charge in [-0.1, -0.05) is 78.9 Å². The van der Waals surface area contributed by atoms with Gasteiger partial charge in [-0.3, -0.25) is 0 Å². The maximum Gasteiger partial charge on any atom is 0.126 e. The molecule has 3 aromatic rings. The summed E-state index contributed by atoms with van der Waals surface area (Å²) in [6.07, 6.45) is 3.23. The predicted octanol–water partition coefficient (Wildman–Crippen LogP) is 6.09. The number of hydrogen-bond acceptors (Lipinski definition) is 1. The minimum atomic E-state index is 0.911. The molecular weight excluding hydrogens is 304 g/mol. The second kappa shape index (κ2) is 6.82. The molecule has 0 spiro atoms. The highest BCUT2D eigenvalue weighted by atomic mass is 16.5. The van der Waals surface area contributed by atoms with Crippen molar-refractivity contribution in [2.75, 3.05) is 7.11 Å². The van der Waals surface area contributed by atoms with Crippen LogP contribution >= 0.6 is 0 Å². The van der Waals surface area contributed by atoms with Gasteiger partial charge in [0.05, 0.1) is 7.11 Å². The molecule has 0 heterocycles. The van der Waals surface area contributed by atoms with Crippen molar-refractivity contribution in [1.29, 1.82) is 0 Å². The molecule has 3 aromatic carbocycles. The van der Waals surface area contributed by atoms with Crippen LogP contribution in [0, 0.1) is 0 Å². The van der Waals surface area contributed by atoms with Crippen LogP contribution < -0.4 is 4.74 Å². The number of allylic oxidation sites excluding steroid dienone is 4. The van der Waals surface area contributed by atoms with Crippen LogP contribution in [0.1, 0.15) is 23.1 Å². The van der Waals surface area contributed by atoms with Gasteiger partial charge in [-0.05, 0) is 46.4 Å². The lowest BCUT2D eigenvalue weighted by atomic mass is 9.95. The smallest absolute Gasteiger partial charge is 0.126 e. The van der Waals surface area contributed by atoms with Crippen LogP contribution in [0.15, 0.2) is 91.0 Å². The van der Waals surface area contributed by atoms with E-state index in [1.807, 2.05) is 12.1 Å². The molecule has 0 unspecified atom stereocenters. The normalized spacial score (nSPS) is 13.7. The molecule has 1 aliphatic rings. The molecule has 1 nitrogen and oxygen atoms in total. The van der Waals surface area contributed by atoms with Gasteiger partial charge in [0, 0.05) is 5.56 Å². The molecule has 1 heteroatoms. The van der Waals surface area contributed by atoms with Crippen molar-refractivity contribution in [3.05, 3.63) is 108 Å². The molecule has 0 atom stereocenters. The zero-order valence-electron chi connectivity index (χ0n) is 14.3. The van der Waals surface area contributed by atoms with Crippen LogP contribution in [0.25, 0.3) is 16.7 Å². The van der Waals surface area contributed by atoms with Gasteiger partial charge >= 0.3 is 0 Å². The molecule has 4 rings (SSSR count). The fraction of sp³-hybridized carbons (Fsp3) is 0.0833. The minimum Gasteiger partial charge on any atom is -0.496 e. The van der Waals surface area contributed by atoms with E-state index in [0.717, 1.165) is 12.2 Å². The average Bonchev–Trinajstić information content (AvgIpc) is 3.14. The first-order chi connectivity index (χ1) is 12.4. The highest BCUT2D eigenvalue weighted by Gasteiger charge is 2.21. The molecule has 0 radical (unpaired) electrons. The van der Waals surface area contributed by atoms with E-state index < -0.39 is 0 Å². The van der Waals surface area contributed by atoms with Gasteiger partial charge in [0.15, 0.2) is 0 Å². The zero-order valence-corrected chi connectivity index (χ0v) is 14.3. The van der Waals surface area contributed by atoms with Crippen molar-refractivity contribution < 1.29 is 4.74 Å².